The second kappa shape index (κ2) is 9.37. The molecule has 1 aliphatic rings. The zero-order valence-corrected chi connectivity index (χ0v) is 16.7. The summed E-state index contributed by atoms with van der Waals surface area (Å²) in [5.74, 6) is -0.744. The highest BCUT2D eigenvalue weighted by Gasteiger charge is 2.37. The highest BCUT2D eigenvalue weighted by molar-refractivity contribution is 6.02. The number of benzene rings is 2. The van der Waals surface area contributed by atoms with Crippen LogP contribution in [0.3, 0.4) is 0 Å². The van der Waals surface area contributed by atoms with Crippen LogP contribution in [0.25, 0.3) is 0 Å². The molecule has 29 heavy (non-hydrogen) atoms. The fourth-order valence-electron chi connectivity index (χ4n) is 3.35. The number of anilines is 1. The van der Waals surface area contributed by atoms with Crippen LogP contribution in [-0.4, -0.2) is 36.9 Å². The van der Waals surface area contributed by atoms with E-state index in [1.807, 2.05) is 13.0 Å². The van der Waals surface area contributed by atoms with Gasteiger partial charge in [0.1, 0.15) is 5.75 Å². The number of amides is 1. The summed E-state index contributed by atoms with van der Waals surface area (Å²) in [6.45, 7) is 4.50. The first-order chi connectivity index (χ1) is 14.0. The van der Waals surface area contributed by atoms with Crippen molar-refractivity contribution < 1.29 is 23.9 Å². The fourth-order valence-corrected chi connectivity index (χ4v) is 3.35. The molecule has 0 spiro atoms. The van der Waals surface area contributed by atoms with Crippen LogP contribution in [-0.2, 0) is 14.3 Å². The molecule has 2 atom stereocenters. The molecule has 1 heterocycles. The van der Waals surface area contributed by atoms with Crippen LogP contribution in [0.15, 0.2) is 54.6 Å². The van der Waals surface area contributed by atoms with Gasteiger partial charge in [-0.05, 0) is 37.6 Å². The first-order valence-electron chi connectivity index (χ1n) is 9.86. The van der Waals surface area contributed by atoms with Crippen molar-refractivity contribution >= 4 is 23.3 Å². The highest BCUT2D eigenvalue weighted by Crippen LogP contribution is 2.28. The van der Waals surface area contributed by atoms with Gasteiger partial charge in [0.05, 0.1) is 12.5 Å². The molecule has 0 saturated carbocycles. The number of nitrogens with zero attached hydrogens (tertiary/aromatic N) is 1. The summed E-state index contributed by atoms with van der Waals surface area (Å²) in [5.41, 5.74) is 1.21. The number of carbonyl (C=O) groups is 3. The van der Waals surface area contributed by atoms with Gasteiger partial charge in [0.2, 0.25) is 11.7 Å². The average molecular weight is 395 g/mol. The van der Waals surface area contributed by atoms with Gasteiger partial charge in [-0.2, -0.15) is 0 Å². The van der Waals surface area contributed by atoms with Crippen molar-refractivity contribution in [3.63, 3.8) is 0 Å². The van der Waals surface area contributed by atoms with E-state index in [-0.39, 0.29) is 24.7 Å². The standard InChI is InChI=1S/C23H25NO5/c1-3-20(22(26)16-8-6-5-7-9-16)29-23(27)17-14-21(25)24(15-17)18-10-12-19(13-11-18)28-4-2/h5-13,17,20H,3-4,14-15H2,1-2H3/t17-,20+/m0/s1. The number of ketones is 1. The summed E-state index contributed by atoms with van der Waals surface area (Å²) in [4.78, 5) is 39.2. The van der Waals surface area contributed by atoms with E-state index in [1.165, 1.54) is 0 Å². The molecule has 1 fully saturated rings. The van der Waals surface area contributed by atoms with Crippen molar-refractivity contribution in [2.75, 3.05) is 18.1 Å². The Morgan fingerprint density at radius 2 is 1.76 bits per heavy atom. The number of hydrogen-bond acceptors (Lipinski definition) is 5. The molecule has 6 nitrogen and oxygen atoms in total. The Hall–Kier alpha value is -3.15. The lowest BCUT2D eigenvalue weighted by Crippen LogP contribution is -2.31. The maximum Gasteiger partial charge on any atom is 0.312 e. The van der Waals surface area contributed by atoms with Gasteiger partial charge in [-0.3, -0.25) is 14.4 Å². The van der Waals surface area contributed by atoms with Gasteiger partial charge in [0.15, 0.2) is 6.10 Å². The lowest BCUT2D eigenvalue weighted by atomic mass is 10.0. The van der Waals surface area contributed by atoms with Gasteiger partial charge >= 0.3 is 5.97 Å². The number of carbonyl (C=O) groups excluding carboxylic acids is 3. The SMILES string of the molecule is CCOc1ccc(N2C[C@@H](C(=O)O[C@H](CC)C(=O)c3ccccc3)CC2=O)cc1. The van der Waals surface area contributed by atoms with Gasteiger partial charge in [-0.15, -0.1) is 0 Å². The quantitative estimate of drug-likeness (QED) is 0.504. The van der Waals surface area contributed by atoms with E-state index in [0.29, 0.717) is 24.3 Å². The molecule has 1 aliphatic heterocycles. The zero-order chi connectivity index (χ0) is 20.8. The van der Waals surface area contributed by atoms with Gasteiger partial charge in [-0.1, -0.05) is 37.3 Å². The predicted molar refractivity (Wildman–Crippen MR) is 109 cm³/mol. The molecule has 0 unspecified atom stereocenters. The first kappa shape index (κ1) is 20.6. The van der Waals surface area contributed by atoms with E-state index in [2.05, 4.69) is 0 Å². The number of hydrogen-bond donors (Lipinski definition) is 0. The minimum atomic E-state index is -0.848. The minimum absolute atomic E-state index is 0.0714. The molecule has 6 heteroatoms. The first-order valence-corrected chi connectivity index (χ1v) is 9.86. The molecule has 152 valence electrons. The largest absolute Gasteiger partial charge is 0.494 e. The normalized spacial score (nSPS) is 17.1. The Labute approximate surface area is 170 Å². The third-order valence-corrected chi connectivity index (χ3v) is 4.90. The Kier molecular flexibility index (Phi) is 6.65. The van der Waals surface area contributed by atoms with Crippen molar-refractivity contribution in [1.29, 1.82) is 0 Å². The van der Waals surface area contributed by atoms with E-state index >= 15 is 0 Å². The van der Waals surface area contributed by atoms with E-state index in [1.54, 1.807) is 60.4 Å². The van der Waals surface area contributed by atoms with Crippen LogP contribution < -0.4 is 9.64 Å². The molecular formula is C23H25NO5. The van der Waals surface area contributed by atoms with Crippen molar-refractivity contribution in [1.82, 2.24) is 0 Å². The lowest BCUT2D eigenvalue weighted by Gasteiger charge is -2.19. The number of esters is 1. The maximum absolute atomic E-state index is 12.6. The highest BCUT2D eigenvalue weighted by atomic mass is 16.5. The predicted octanol–water partition coefficient (Wildman–Crippen LogP) is 3.64. The second-order valence-electron chi connectivity index (χ2n) is 6.90. The molecule has 1 amide bonds. The van der Waals surface area contributed by atoms with Crippen LogP contribution in [0.1, 0.15) is 37.0 Å². The van der Waals surface area contributed by atoms with Crippen molar-refractivity contribution in [2.45, 2.75) is 32.8 Å². The Morgan fingerprint density at radius 3 is 2.38 bits per heavy atom. The van der Waals surface area contributed by atoms with Crippen LogP contribution in [0.5, 0.6) is 5.75 Å². The van der Waals surface area contributed by atoms with Crippen LogP contribution >= 0.6 is 0 Å². The lowest BCUT2D eigenvalue weighted by molar-refractivity contribution is -0.151. The summed E-state index contributed by atoms with van der Waals surface area (Å²) in [6.07, 6.45) is -0.399. The third kappa shape index (κ3) is 4.83. The van der Waals surface area contributed by atoms with Gasteiger partial charge in [-0.25, -0.2) is 0 Å². The molecular weight excluding hydrogens is 370 g/mol. The third-order valence-electron chi connectivity index (χ3n) is 4.90. The van der Waals surface area contributed by atoms with Crippen LogP contribution in [0.4, 0.5) is 5.69 Å². The van der Waals surface area contributed by atoms with Crippen LogP contribution in [0.2, 0.25) is 0 Å². The smallest absolute Gasteiger partial charge is 0.312 e. The molecule has 2 aromatic carbocycles. The molecule has 0 radical (unpaired) electrons. The topological polar surface area (TPSA) is 72.9 Å². The number of Topliss-reactive ketones (excluding diaryl/α,β-unsaturated/α-hetero) is 1. The summed E-state index contributed by atoms with van der Waals surface area (Å²) < 4.78 is 10.9. The number of rotatable bonds is 8. The maximum atomic E-state index is 12.6. The monoisotopic (exact) mass is 395 g/mol. The van der Waals surface area contributed by atoms with Gasteiger partial charge in [0, 0.05) is 24.2 Å². The molecule has 3 rings (SSSR count). The van der Waals surface area contributed by atoms with Crippen LogP contribution in [0, 0.1) is 5.92 Å². The summed E-state index contributed by atoms with van der Waals surface area (Å²) in [7, 11) is 0. The second-order valence-corrected chi connectivity index (χ2v) is 6.90. The summed E-state index contributed by atoms with van der Waals surface area (Å²) >= 11 is 0. The minimum Gasteiger partial charge on any atom is -0.494 e. The van der Waals surface area contributed by atoms with Gasteiger partial charge < -0.3 is 14.4 Å². The molecule has 0 bridgehead atoms. The molecule has 0 aliphatic carbocycles. The van der Waals surface area contributed by atoms with E-state index in [4.69, 9.17) is 9.47 Å². The van der Waals surface area contributed by atoms with Crippen molar-refractivity contribution in [2.24, 2.45) is 5.92 Å². The average Bonchev–Trinajstić information content (AvgIpc) is 3.14. The van der Waals surface area contributed by atoms with E-state index < -0.39 is 18.0 Å². The molecule has 2 aromatic rings. The van der Waals surface area contributed by atoms with Crippen molar-refractivity contribution in [3.05, 3.63) is 60.2 Å². The van der Waals surface area contributed by atoms with E-state index in [0.717, 1.165) is 5.75 Å². The zero-order valence-electron chi connectivity index (χ0n) is 16.7. The summed E-state index contributed by atoms with van der Waals surface area (Å²) in [6, 6.07) is 15.9. The Bertz CT molecular complexity index is 863. The van der Waals surface area contributed by atoms with E-state index in [9.17, 15) is 14.4 Å². The fraction of sp³-hybridized carbons (Fsp3) is 0.348. The van der Waals surface area contributed by atoms with Gasteiger partial charge in [0.25, 0.3) is 0 Å². The Morgan fingerprint density at radius 1 is 1.07 bits per heavy atom. The van der Waals surface area contributed by atoms with Crippen molar-refractivity contribution in [3.8, 4) is 5.75 Å². The Balaban J connectivity index is 1.64. The molecule has 1 saturated heterocycles. The molecule has 0 N–H and O–H groups in total. The summed E-state index contributed by atoms with van der Waals surface area (Å²) in [5, 5.41) is 0. The number of ether oxygens (including phenoxy) is 2. The molecule has 0 aromatic heterocycles.